The largest absolute Gasteiger partial charge is 0.338 e. The lowest BCUT2D eigenvalue weighted by molar-refractivity contribution is -0.142. The zero-order valence-corrected chi connectivity index (χ0v) is 14.4. The van der Waals surface area contributed by atoms with Crippen molar-refractivity contribution in [3.8, 4) is 0 Å². The van der Waals surface area contributed by atoms with Gasteiger partial charge in [-0.25, -0.2) is 0 Å². The Bertz CT molecular complexity index is 624. The quantitative estimate of drug-likeness (QED) is 0.723. The molecule has 1 fully saturated rings. The second-order valence-corrected chi connectivity index (χ2v) is 6.26. The number of aryl methyl sites for hydroxylation is 1. The Labute approximate surface area is 144 Å². The number of carbonyl (C=O) groups is 2. The molecule has 0 aliphatic carbocycles. The number of hydrogen-bond acceptors (Lipinski definition) is 2. The number of carbonyl (C=O) groups excluding carboxylic acids is 2. The van der Waals surface area contributed by atoms with Crippen molar-refractivity contribution >= 4 is 11.8 Å². The maximum absolute atomic E-state index is 13.0. The van der Waals surface area contributed by atoms with Gasteiger partial charge in [-0.15, -0.1) is 13.2 Å². The Kier molecular flexibility index (Phi) is 6.36. The summed E-state index contributed by atoms with van der Waals surface area (Å²) in [6.07, 6.45) is 4.51. The molecule has 0 saturated carbocycles. The third-order valence-electron chi connectivity index (χ3n) is 4.48. The average Bonchev–Trinajstić information content (AvgIpc) is 2.58. The van der Waals surface area contributed by atoms with Gasteiger partial charge in [0, 0.05) is 32.6 Å². The highest BCUT2D eigenvalue weighted by atomic mass is 16.2. The van der Waals surface area contributed by atoms with E-state index in [0.29, 0.717) is 39.0 Å². The van der Waals surface area contributed by atoms with Gasteiger partial charge in [0.15, 0.2) is 0 Å². The number of benzene rings is 1. The van der Waals surface area contributed by atoms with Crippen molar-refractivity contribution in [3.05, 3.63) is 60.7 Å². The van der Waals surface area contributed by atoms with Gasteiger partial charge in [-0.2, -0.15) is 0 Å². The molecule has 24 heavy (non-hydrogen) atoms. The van der Waals surface area contributed by atoms with Gasteiger partial charge in [0.05, 0.1) is 5.92 Å². The van der Waals surface area contributed by atoms with Crippen molar-refractivity contribution in [2.45, 2.75) is 26.3 Å². The molecule has 128 valence electrons. The van der Waals surface area contributed by atoms with Crippen molar-refractivity contribution in [2.24, 2.45) is 5.92 Å². The van der Waals surface area contributed by atoms with E-state index >= 15 is 0 Å². The molecule has 0 aromatic heterocycles. The first-order valence-electron chi connectivity index (χ1n) is 8.39. The van der Waals surface area contributed by atoms with Gasteiger partial charge in [0.25, 0.3) is 0 Å². The summed E-state index contributed by atoms with van der Waals surface area (Å²) in [6, 6.07) is 8.09. The van der Waals surface area contributed by atoms with Crippen molar-refractivity contribution in [1.82, 2.24) is 9.80 Å². The predicted molar refractivity (Wildman–Crippen MR) is 96.3 cm³/mol. The van der Waals surface area contributed by atoms with Crippen LogP contribution in [0.25, 0.3) is 0 Å². The minimum Gasteiger partial charge on any atom is -0.338 e. The normalized spacial score (nSPS) is 17.5. The van der Waals surface area contributed by atoms with Crippen LogP contribution in [0.1, 0.15) is 24.0 Å². The van der Waals surface area contributed by atoms with Crippen molar-refractivity contribution < 1.29 is 9.59 Å². The molecule has 2 amide bonds. The summed E-state index contributed by atoms with van der Waals surface area (Å²) in [5, 5.41) is 0. The molecule has 1 aromatic carbocycles. The third kappa shape index (κ3) is 4.34. The zero-order chi connectivity index (χ0) is 17.5. The molecule has 1 unspecified atom stereocenters. The van der Waals surface area contributed by atoms with E-state index in [0.717, 1.165) is 5.56 Å². The number of nitrogens with zero attached hydrogens (tertiary/aromatic N) is 2. The van der Waals surface area contributed by atoms with E-state index < -0.39 is 0 Å². The average molecular weight is 326 g/mol. The lowest BCUT2D eigenvalue weighted by Gasteiger charge is -2.34. The van der Waals surface area contributed by atoms with E-state index in [4.69, 9.17) is 0 Å². The minimum absolute atomic E-state index is 0.0970. The van der Waals surface area contributed by atoms with Crippen LogP contribution in [0.3, 0.4) is 0 Å². The highest BCUT2D eigenvalue weighted by Crippen LogP contribution is 2.21. The number of amides is 2. The van der Waals surface area contributed by atoms with Gasteiger partial charge in [-0.3, -0.25) is 9.59 Å². The van der Waals surface area contributed by atoms with Crippen LogP contribution in [-0.2, 0) is 16.1 Å². The molecule has 1 aliphatic rings. The summed E-state index contributed by atoms with van der Waals surface area (Å²) in [5.74, 6) is 0.0551. The first-order chi connectivity index (χ1) is 11.6. The Hall–Kier alpha value is -2.36. The lowest BCUT2D eigenvalue weighted by atomic mass is 9.95. The fourth-order valence-corrected chi connectivity index (χ4v) is 3.09. The van der Waals surface area contributed by atoms with Crippen molar-refractivity contribution in [2.75, 3.05) is 19.6 Å². The van der Waals surface area contributed by atoms with E-state index in [-0.39, 0.29) is 17.7 Å². The molecule has 1 heterocycles. The van der Waals surface area contributed by atoms with Gasteiger partial charge >= 0.3 is 0 Å². The van der Waals surface area contributed by atoms with Gasteiger partial charge in [0.1, 0.15) is 0 Å². The monoisotopic (exact) mass is 326 g/mol. The second-order valence-electron chi connectivity index (χ2n) is 6.26. The van der Waals surface area contributed by atoms with Crippen LogP contribution in [0, 0.1) is 12.8 Å². The van der Waals surface area contributed by atoms with E-state index in [1.807, 2.05) is 23.1 Å². The van der Waals surface area contributed by atoms with Crippen LogP contribution >= 0.6 is 0 Å². The second kappa shape index (κ2) is 8.48. The Morgan fingerprint density at radius 2 is 2.08 bits per heavy atom. The van der Waals surface area contributed by atoms with E-state index in [1.54, 1.807) is 17.1 Å². The topological polar surface area (TPSA) is 40.6 Å². The van der Waals surface area contributed by atoms with Crippen LogP contribution in [0.15, 0.2) is 49.6 Å². The summed E-state index contributed by atoms with van der Waals surface area (Å²) >= 11 is 0. The van der Waals surface area contributed by atoms with Crippen LogP contribution in [0.5, 0.6) is 0 Å². The highest BCUT2D eigenvalue weighted by molar-refractivity contribution is 5.84. The Morgan fingerprint density at radius 3 is 2.75 bits per heavy atom. The SMILES string of the molecule is C=CCN1CC(C(=O)N(CC=C)Cc2ccccc2C)CCC1=O. The zero-order valence-electron chi connectivity index (χ0n) is 14.4. The van der Waals surface area contributed by atoms with Crippen molar-refractivity contribution in [1.29, 1.82) is 0 Å². The molecule has 1 saturated heterocycles. The van der Waals surface area contributed by atoms with E-state index in [2.05, 4.69) is 26.1 Å². The molecule has 1 aliphatic heterocycles. The number of piperidine rings is 1. The molecule has 4 heteroatoms. The smallest absolute Gasteiger partial charge is 0.228 e. The van der Waals surface area contributed by atoms with Crippen LogP contribution in [0.2, 0.25) is 0 Å². The van der Waals surface area contributed by atoms with Crippen LogP contribution < -0.4 is 0 Å². The van der Waals surface area contributed by atoms with Gasteiger partial charge in [-0.05, 0) is 24.5 Å². The molecular formula is C20H26N2O2. The fraction of sp³-hybridized carbons (Fsp3) is 0.400. The summed E-state index contributed by atoms with van der Waals surface area (Å²) < 4.78 is 0. The first kappa shape index (κ1) is 18.0. The molecule has 0 N–H and O–H groups in total. The molecule has 2 rings (SSSR count). The minimum atomic E-state index is -0.147. The van der Waals surface area contributed by atoms with Crippen molar-refractivity contribution in [3.63, 3.8) is 0 Å². The molecule has 0 spiro atoms. The van der Waals surface area contributed by atoms with E-state index in [1.165, 1.54) is 5.56 Å². The van der Waals surface area contributed by atoms with Crippen LogP contribution in [-0.4, -0.2) is 41.2 Å². The third-order valence-corrected chi connectivity index (χ3v) is 4.48. The lowest BCUT2D eigenvalue weighted by Crippen LogP contribution is -2.47. The first-order valence-corrected chi connectivity index (χ1v) is 8.39. The van der Waals surface area contributed by atoms with Gasteiger partial charge < -0.3 is 9.80 Å². The molecule has 0 bridgehead atoms. The number of rotatable bonds is 7. The summed E-state index contributed by atoms with van der Waals surface area (Å²) in [7, 11) is 0. The van der Waals surface area contributed by atoms with Gasteiger partial charge in [-0.1, -0.05) is 36.4 Å². The van der Waals surface area contributed by atoms with Gasteiger partial charge in [0.2, 0.25) is 11.8 Å². The Balaban J connectivity index is 2.11. The van der Waals surface area contributed by atoms with E-state index in [9.17, 15) is 9.59 Å². The fourth-order valence-electron chi connectivity index (χ4n) is 3.09. The molecule has 4 nitrogen and oxygen atoms in total. The molecule has 0 radical (unpaired) electrons. The summed E-state index contributed by atoms with van der Waals surface area (Å²) in [6.45, 7) is 11.6. The highest BCUT2D eigenvalue weighted by Gasteiger charge is 2.32. The number of hydrogen-bond donors (Lipinski definition) is 0. The standard InChI is InChI=1S/C20H26N2O2/c1-4-12-21-15-18(10-11-19(21)23)20(24)22(13-5-2)14-17-9-7-6-8-16(17)3/h4-9,18H,1-2,10-15H2,3H3. The molecule has 1 aromatic rings. The van der Waals surface area contributed by atoms with Crippen LogP contribution in [0.4, 0.5) is 0 Å². The summed E-state index contributed by atoms with van der Waals surface area (Å²) in [4.78, 5) is 28.5. The summed E-state index contributed by atoms with van der Waals surface area (Å²) in [5.41, 5.74) is 2.31. The number of likely N-dealkylation sites (tertiary alicyclic amines) is 1. The molecular weight excluding hydrogens is 300 g/mol. The predicted octanol–water partition coefficient (Wildman–Crippen LogP) is 2.93. The maximum Gasteiger partial charge on any atom is 0.228 e. The molecule has 1 atom stereocenters. The maximum atomic E-state index is 13.0. The Morgan fingerprint density at radius 1 is 1.33 bits per heavy atom.